The van der Waals surface area contributed by atoms with Crippen molar-refractivity contribution in [2.24, 2.45) is 16.8 Å². The van der Waals surface area contributed by atoms with Crippen molar-refractivity contribution >= 4 is 23.3 Å². The number of nitrogens with one attached hydrogen (secondary N) is 1. The lowest BCUT2D eigenvalue weighted by Gasteiger charge is -2.23. The van der Waals surface area contributed by atoms with Crippen LogP contribution in [0.15, 0.2) is 16.1 Å². The molecule has 0 amide bonds. The highest BCUT2D eigenvalue weighted by Gasteiger charge is 2.35. The van der Waals surface area contributed by atoms with Gasteiger partial charge in [-0.3, -0.25) is 9.55 Å². The Morgan fingerprint density at radius 1 is 1.38 bits per heavy atom. The number of H-pyrrole nitrogens is 1. The number of hydrogen-bond donors (Lipinski definition) is 3. The Morgan fingerprint density at radius 2 is 2.07 bits per heavy atom. The van der Waals surface area contributed by atoms with Crippen LogP contribution in [0.5, 0.6) is 0 Å². The summed E-state index contributed by atoms with van der Waals surface area (Å²) in [5, 5.41) is 19.3. The maximum absolute atomic E-state index is 12.1. The van der Waals surface area contributed by atoms with Crippen LogP contribution in [-0.4, -0.2) is 72.9 Å². The zero-order valence-electron chi connectivity index (χ0n) is 17.3. The highest BCUT2D eigenvalue weighted by Crippen LogP contribution is 2.31. The molecule has 0 spiro atoms. The molecule has 0 aliphatic carbocycles. The number of aromatic nitrogens is 4. The molecule has 3 N–H and O–H groups in total. The van der Waals surface area contributed by atoms with Crippen LogP contribution in [0.25, 0.3) is 11.2 Å². The van der Waals surface area contributed by atoms with Crippen LogP contribution in [0.4, 0.5) is 5.82 Å². The third-order valence-electron chi connectivity index (χ3n) is 4.67. The van der Waals surface area contributed by atoms with Crippen molar-refractivity contribution in [3.63, 3.8) is 0 Å². The Labute approximate surface area is 169 Å². The molecule has 2 aromatic rings. The van der Waals surface area contributed by atoms with Crippen LogP contribution in [-0.2, 0) is 4.74 Å². The van der Waals surface area contributed by atoms with Crippen molar-refractivity contribution in [2.75, 3.05) is 19.7 Å². The maximum atomic E-state index is 12.1. The van der Waals surface area contributed by atoms with Gasteiger partial charge in [0, 0.05) is 19.5 Å². The first-order chi connectivity index (χ1) is 13.8. The van der Waals surface area contributed by atoms with Crippen LogP contribution in [0.3, 0.4) is 0 Å². The highest BCUT2D eigenvalue weighted by atomic mass is 16.5. The van der Waals surface area contributed by atoms with E-state index in [0.717, 1.165) is 13.1 Å². The molecule has 3 atom stereocenters. The van der Waals surface area contributed by atoms with Crippen molar-refractivity contribution in [2.45, 2.75) is 52.6 Å². The van der Waals surface area contributed by atoms with Crippen molar-refractivity contribution in [3.05, 3.63) is 16.8 Å². The fraction of sp³-hybridized carbons (Fsp3) is 0.684. The molecule has 0 bridgehead atoms. The van der Waals surface area contributed by atoms with Crippen LogP contribution in [0.1, 0.15) is 40.3 Å². The van der Waals surface area contributed by atoms with E-state index in [0.29, 0.717) is 28.8 Å². The van der Waals surface area contributed by atoms with Gasteiger partial charge in [-0.05, 0) is 11.8 Å². The molecule has 1 aliphatic heterocycles. The first-order valence-corrected chi connectivity index (χ1v) is 9.98. The molecule has 1 aliphatic rings. The van der Waals surface area contributed by atoms with Crippen molar-refractivity contribution in [1.29, 1.82) is 0 Å². The number of rotatable bonds is 8. The molecule has 0 radical (unpaired) electrons. The summed E-state index contributed by atoms with van der Waals surface area (Å²) < 4.78 is 7.26. The zero-order valence-corrected chi connectivity index (χ0v) is 17.3. The average molecular weight is 406 g/mol. The number of aliphatic hydroxyl groups excluding tert-OH is 2. The summed E-state index contributed by atoms with van der Waals surface area (Å²) in [6.45, 7) is 10.00. The number of ether oxygens (including phenoxy) is 1. The van der Waals surface area contributed by atoms with Gasteiger partial charge in [0.05, 0.1) is 25.4 Å². The Kier molecular flexibility index (Phi) is 6.66. The fourth-order valence-corrected chi connectivity index (χ4v) is 3.52. The number of aliphatic imine (C=N–C) groups is 1. The molecule has 0 unspecified atom stereocenters. The summed E-state index contributed by atoms with van der Waals surface area (Å²) in [6.07, 6.45) is 1.51. The molecule has 3 rings (SSSR count). The van der Waals surface area contributed by atoms with E-state index in [-0.39, 0.29) is 13.0 Å². The first-order valence-electron chi connectivity index (χ1n) is 9.98. The summed E-state index contributed by atoms with van der Waals surface area (Å²) in [5.74, 6) is 1.27. The lowest BCUT2D eigenvalue weighted by atomic mass is 10.1. The van der Waals surface area contributed by atoms with E-state index < -0.39 is 24.1 Å². The number of nitrogens with zero attached hydrogens (tertiary/aromatic N) is 5. The number of imidazole rings is 1. The van der Waals surface area contributed by atoms with Crippen molar-refractivity contribution in [3.8, 4) is 0 Å². The van der Waals surface area contributed by atoms with E-state index in [1.54, 1.807) is 10.9 Å². The molecule has 0 aromatic carbocycles. The molecule has 1 saturated heterocycles. The van der Waals surface area contributed by atoms with E-state index in [2.05, 4.69) is 52.5 Å². The molecule has 160 valence electrons. The Bertz CT molecular complexity index is 896. The third-order valence-corrected chi connectivity index (χ3v) is 4.67. The minimum absolute atomic E-state index is 0.278. The second-order valence-corrected chi connectivity index (χ2v) is 8.32. The highest BCUT2D eigenvalue weighted by molar-refractivity contribution is 5.82. The van der Waals surface area contributed by atoms with Gasteiger partial charge in [-0.2, -0.15) is 4.98 Å². The van der Waals surface area contributed by atoms with Crippen LogP contribution in [0, 0.1) is 11.8 Å². The Balaban J connectivity index is 1.91. The number of aromatic amines is 1. The molecule has 29 heavy (non-hydrogen) atoms. The maximum Gasteiger partial charge on any atom is 0.348 e. The summed E-state index contributed by atoms with van der Waals surface area (Å²) in [5.41, 5.74) is 0.235. The first kappa shape index (κ1) is 21.4. The smallest absolute Gasteiger partial charge is 0.348 e. The minimum atomic E-state index is -0.789. The third kappa shape index (κ3) is 5.01. The summed E-state index contributed by atoms with van der Waals surface area (Å²) in [6, 6.07) is 0. The molecule has 2 aromatic heterocycles. The second kappa shape index (κ2) is 9.02. The minimum Gasteiger partial charge on any atom is -0.394 e. The van der Waals surface area contributed by atoms with Gasteiger partial charge in [-0.25, -0.2) is 14.8 Å². The lowest BCUT2D eigenvalue weighted by molar-refractivity contribution is -0.0432. The largest absolute Gasteiger partial charge is 0.394 e. The molecule has 0 saturated carbocycles. The second-order valence-electron chi connectivity index (χ2n) is 8.32. The van der Waals surface area contributed by atoms with Crippen LogP contribution in [0.2, 0.25) is 0 Å². The fourth-order valence-electron chi connectivity index (χ4n) is 3.52. The predicted molar refractivity (Wildman–Crippen MR) is 109 cm³/mol. The number of fused-ring (bicyclic) bond motifs is 1. The van der Waals surface area contributed by atoms with E-state index >= 15 is 0 Å². The van der Waals surface area contributed by atoms with Gasteiger partial charge in [0.25, 0.3) is 0 Å². The van der Waals surface area contributed by atoms with E-state index in [1.807, 2.05) is 0 Å². The van der Waals surface area contributed by atoms with E-state index in [1.165, 1.54) is 6.33 Å². The van der Waals surface area contributed by atoms with E-state index in [9.17, 15) is 15.0 Å². The summed E-state index contributed by atoms with van der Waals surface area (Å²) in [7, 11) is 0. The van der Waals surface area contributed by atoms with Gasteiger partial charge >= 0.3 is 5.69 Å². The number of hydrogen-bond acceptors (Lipinski definition) is 7. The summed E-state index contributed by atoms with van der Waals surface area (Å²) >= 11 is 0. The topological polar surface area (TPSA) is 129 Å². The Hall–Kier alpha value is -2.30. The molecule has 1 fully saturated rings. The van der Waals surface area contributed by atoms with E-state index in [4.69, 9.17) is 4.74 Å². The quantitative estimate of drug-likeness (QED) is 0.441. The predicted octanol–water partition coefficient (Wildman–Crippen LogP) is 1.03. The monoisotopic (exact) mass is 406 g/mol. The SMILES string of the molecule is CC(C)CN(/C=N/c1[nH]c(=O)nc2c1ncn2[C@H]1C[C@H](O)[C@@H](CO)O1)CC(C)C. The molecule has 3 heterocycles. The summed E-state index contributed by atoms with van der Waals surface area (Å²) in [4.78, 5) is 29.8. The van der Waals surface area contributed by atoms with Crippen molar-refractivity contribution < 1.29 is 14.9 Å². The molecule has 10 nitrogen and oxygen atoms in total. The standard InChI is InChI=1S/C19H30N6O4/c1-11(2)6-24(7-12(3)4)9-21-17-16-18(23-19(28)22-17)25(10-20-16)15-5-13(27)14(8-26)29-15/h9-15,26-27H,5-8H2,1-4H3,(H,22,23,28)/b21-9+/t13-,14+,15+/m0/s1. The van der Waals surface area contributed by atoms with Gasteiger partial charge in [0.15, 0.2) is 17.0 Å². The van der Waals surface area contributed by atoms with Crippen molar-refractivity contribution in [1.82, 2.24) is 24.4 Å². The number of aliphatic hydroxyl groups is 2. The Morgan fingerprint density at radius 3 is 2.66 bits per heavy atom. The van der Waals surface area contributed by atoms with Gasteiger partial charge in [0.2, 0.25) is 0 Å². The molecule has 10 heteroatoms. The zero-order chi connectivity index (χ0) is 21.1. The average Bonchev–Trinajstić information content (AvgIpc) is 3.21. The van der Waals surface area contributed by atoms with Crippen LogP contribution >= 0.6 is 0 Å². The molecular formula is C19H30N6O4. The van der Waals surface area contributed by atoms with Crippen LogP contribution < -0.4 is 5.69 Å². The van der Waals surface area contributed by atoms with Gasteiger partial charge in [0.1, 0.15) is 12.3 Å². The lowest BCUT2D eigenvalue weighted by Crippen LogP contribution is -2.30. The van der Waals surface area contributed by atoms with Gasteiger partial charge in [-0.15, -0.1) is 0 Å². The van der Waals surface area contributed by atoms with Gasteiger partial charge < -0.3 is 19.8 Å². The molecular weight excluding hydrogens is 376 g/mol. The normalized spacial score (nSPS) is 22.6. The van der Waals surface area contributed by atoms with Gasteiger partial charge in [-0.1, -0.05) is 27.7 Å².